The molecule has 1 N–H and O–H groups in total. The van der Waals surface area contributed by atoms with E-state index in [0.717, 1.165) is 23.3 Å². The van der Waals surface area contributed by atoms with Gasteiger partial charge in [-0.1, -0.05) is 77.1 Å². The highest BCUT2D eigenvalue weighted by Crippen LogP contribution is 2.38. The fourth-order valence-corrected chi connectivity index (χ4v) is 4.94. The van der Waals surface area contributed by atoms with Gasteiger partial charge in [-0.05, 0) is 59.6 Å². The molecule has 0 unspecified atom stereocenters. The molecule has 0 aliphatic carbocycles. The largest absolute Gasteiger partial charge is 0.497 e. The molecule has 0 bridgehead atoms. The number of rotatable bonds is 15. The van der Waals surface area contributed by atoms with Crippen LogP contribution >= 0.6 is 0 Å². The molecule has 2 aromatic rings. The lowest BCUT2D eigenvalue weighted by Crippen LogP contribution is -2.49. The molecule has 0 spiro atoms. The second-order valence-electron chi connectivity index (χ2n) is 11.8. The Balaban J connectivity index is 2.30. The Morgan fingerprint density at radius 2 is 1.42 bits per heavy atom. The molecule has 0 aromatic heterocycles. The molecule has 0 radical (unpaired) electrons. The van der Waals surface area contributed by atoms with Crippen LogP contribution in [0, 0.1) is 5.41 Å². The van der Waals surface area contributed by atoms with Gasteiger partial charge in [-0.3, -0.25) is 0 Å². The topological polar surface area (TPSA) is 57.2 Å². The van der Waals surface area contributed by atoms with E-state index in [1.165, 1.54) is 0 Å². The van der Waals surface area contributed by atoms with Crippen LogP contribution in [0.4, 0.5) is 0 Å². The first kappa shape index (κ1) is 30.5. The molecule has 0 saturated carbocycles. The fraction of sp³-hybridized carbons (Fsp3) is 0.600. The number of aliphatic hydroxyl groups is 1. The van der Waals surface area contributed by atoms with Crippen molar-refractivity contribution in [3.63, 3.8) is 0 Å². The fourth-order valence-electron chi connectivity index (χ4n) is 3.93. The number of benzene rings is 2. The molecule has 6 heteroatoms. The highest BCUT2D eigenvalue weighted by Gasteiger charge is 2.41. The number of hydrogen-bond donors (Lipinski definition) is 1. The Bertz CT molecular complexity index is 874. The Morgan fingerprint density at radius 3 is 1.97 bits per heavy atom. The summed E-state index contributed by atoms with van der Waals surface area (Å²) in [6.07, 6.45) is 1.05. The number of ether oxygens (including phenoxy) is 3. The highest BCUT2D eigenvalue weighted by molar-refractivity contribution is 6.74. The van der Waals surface area contributed by atoms with E-state index in [1.807, 2.05) is 42.5 Å². The van der Waals surface area contributed by atoms with Crippen molar-refractivity contribution in [3.8, 4) is 5.75 Å². The van der Waals surface area contributed by atoms with Gasteiger partial charge in [0.2, 0.25) is 0 Å². The summed E-state index contributed by atoms with van der Waals surface area (Å²) in [6.45, 7) is 17.3. The summed E-state index contributed by atoms with van der Waals surface area (Å²) >= 11 is 0. The zero-order valence-electron chi connectivity index (χ0n) is 23.7. The van der Waals surface area contributed by atoms with E-state index in [1.54, 1.807) is 7.11 Å². The predicted molar refractivity (Wildman–Crippen MR) is 150 cm³/mol. The predicted octanol–water partition coefficient (Wildman–Crippen LogP) is 6.99. The Hall–Kier alpha value is -1.70. The molecule has 202 valence electrons. The molecule has 0 heterocycles. The Kier molecular flexibility index (Phi) is 11.6. The van der Waals surface area contributed by atoms with Crippen LogP contribution in [-0.4, -0.2) is 46.0 Å². The van der Waals surface area contributed by atoms with Crippen LogP contribution in [0.25, 0.3) is 0 Å². The van der Waals surface area contributed by atoms with Crippen LogP contribution in [0.15, 0.2) is 54.6 Å². The second-order valence-corrected chi connectivity index (χ2v) is 16.6. The lowest BCUT2D eigenvalue weighted by Gasteiger charge is -2.42. The molecular formula is C30H48O5Si. The molecule has 5 nitrogen and oxygen atoms in total. The van der Waals surface area contributed by atoms with Gasteiger partial charge in [-0.2, -0.15) is 0 Å². The minimum atomic E-state index is -1.99. The van der Waals surface area contributed by atoms with E-state index in [4.69, 9.17) is 18.6 Å². The van der Waals surface area contributed by atoms with Crippen molar-refractivity contribution in [3.05, 3.63) is 65.7 Å². The minimum Gasteiger partial charge on any atom is -0.497 e. The SMILES string of the molecule is COc1ccc(CO[C@@H]([C@H](CO[Si](C)(C)C(C)(C)C)OCc2ccccc2)C(C)(C)CCCO)cc1. The lowest BCUT2D eigenvalue weighted by molar-refractivity contribution is -0.146. The van der Waals surface area contributed by atoms with Crippen LogP contribution in [0.1, 0.15) is 58.6 Å². The van der Waals surface area contributed by atoms with E-state index in [2.05, 4.69) is 59.8 Å². The number of hydrogen-bond acceptors (Lipinski definition) is 5. The summed E-state index contributed by atoms with van der Waals surface area (Å²) in [5.41, 5.74) is 1.97. The van der Waals surface area contributed by atoms with Crippen molar-refractivity contribution in [2.24, 2.45) is 5.41 Å². The van der Waals surface area contributed by atoms with E-state index < -0.39 is 8.32 Å². The molecular weight excluding hydrogens is 468 g/mol. The normalized spacial score (nSPS) is 14.5. The van der Waals surface area contributed by atoms with Gasteiger partial charge in [0.25, 0.3) is 0 Å². The number of methoxy groups -OCH3 is 1. The third-order valence-electron chi connectivity index (χ3n) is 7.40. The van der Waals surface area contributed by atoms with Gasteiger partial charge in [-0.25, -0.2) is 0 Å². The van der Waals surface area contributed by atoms with Crippen molar-refractivity contribution >= 4 is 8.32 Å². The standard InChI is InChI=1S/C30H48O5Si/c1-29(2,3)36(7,8)35-23-27(33-21-24-13-10-9-11-14-24)28(30(4,5)19-12-20-31)34-22-25-15-17-26(32-6)18-16-25/h9-11,13-18,27-28,31H,12,19-23H2,1-8H3/t27-,28-/m0/s1. The van der Waals surface area contributed by atoms with E-state index in [-0.39, 0.29) is 29.3 Å². The monoisotopic (exact) mass is 516 g/mol. The highest BCUT2D eigenvalue weighted by atomic mass is 28.4. The van der Waals surface area contributed by atoms with Crippen LogP contribution in [0.5, 0.6) is 5.75 Å². The maximum atomic E-state index is 9.56. The van der Waals surface area contributed by atoms with Crippen molar-refractivity contribution in [1.29, 1.82) is 0 Å². The Labute approximate surface area is 220 Å². The quantitative estimate of drug-likeness (QED) is 0.259. The summed E-state index contributed by atoms with van der Waals surface area (Å²) in [4.78, 5) is 0. The van der Waals surface area contributed by atoms with Gasteiger partial charge in [0.05, 0.1) is 33.0 Å². The van der Waals surface area contributed by atoms with E-state index in [0.29, 0.717) is 26.2 Å². The lowest BCUT2D eigenvalue weighted by atomic mass is 9.79. The average molecular weight is 517 g/mol. The molecule has 0 amide bonds. The van der Waals surface area contributed by atoms with Gasteiger partial charge < -0.3 is 23.7 Å². The van der Waals surface area contributed by atoms with Crippen molar-refractivity contribution in [1.82, 2.24) is 0 Å². The number of aliphatic hydroxyl groups excluding tert-OH is 1. The van der Waals surface area contributed by atoms with Crippen LogP contribution in [0.2, 0.25) is 18.1 Å². The van der Waals surface area contributed by atoms with Crippen molar-refractivity contribution in [2.45, 2.75) is 91.0 Å². The molecule has 0 saturated heterocycles. The van der Waals surface area contributed by atoms with Crippen LogP contribution in [0.3, 0.4) is 0 Å². The summed E-state index contributed by atoms with van der Waals surface area (Å²) in [6, 6.07) is 18.2. The molecule has 0 aliphatic heterocycles. The molecule has 2 atom stereocenters. The first-order chi connectivity index (χ1) is 16.9. The molecule has 2 rings (SSSR count). The second kappa shape index (κ2) is 13.7. The van der Waals surface area contributed by atoms with E-state index in [9.17, 15) is 5.11 Å². The maximum absolute atomic E-state index is 9.56. The third kappa shape index (κ3) is 9.31. The average Bonchev–Trinajstić information content (AvgIpc) is 2.84. The molecule has 0 fully saturated rings. The van der Waals surface area contributed by atoms with Gasteiger partial charge in [-0.15, -0.1) is 0 Å². The van der Waals surface area contributed by atoms with Gasteiger partial charge in [0.15, 0.2) is 8.32 Å². The van der Waals surface area contributed by atoms with E-state index >= 15 is 0 Å². The molecule has 36 heavy (non-hydrogen) atoms. The maximum Gasteiger partial charge on any atom is 0.192 e. The zero-order valence-corrected chi connectivity index (χ0v) is 24.7. The first-order valence-electron chi connectivity index (χ1n) is 13.0. The van der Waals surface area contributed by atoms with Crippen molar-refractivity contribution in [2.75, 3.05) is 20.3 Å². The van der Waals surface area contributed by atoms with Crippen LogP contribution < -0.4 is 4.74 Å². The van der Waals surface area contributed by atoms with Gasteiger partial charge >= 0.3 is 0 Å². The van der Waals surface area contributed by atoms with Crippen LogP contribution in [-0.2, 0) is 27.1 Å². The summed E-state index contributed by atoms with van der Waals surface area (Å²) in [5, 5.41) is 9.66. The molecule has 2 aromatic carbocycles. The van der Waals surface area contributed by atoms with Gasteiger partial charge in [0, 0.05) is 6.61 Å². The van der Waals surface area contributed by atoms with Gasteiger partial charge in [0.1, 0.15) is 11.9 Å². The summed E-state index contributed by atoms with van der Waals surface area (Å²) < 4.78 is 25.2. The Morgan fingerprint density at radius 1 is 0.833 bits per heavy atom. The zero-order chi connectivity index (χ0) is 26.8. The summed E-state index contributed by atoms with van der Waals surface area (Å²) in [5.74, 6) is 0.824. The summed E-state index contributed by atoms with van der Waals surface area (Å²) in [7, 11) is -0.324. The third-order valence-corrected chi connectivity index (χ3v) is 11.9. The molecule has 0 aliphatic rings. The van der Waals surface area contributed by atoms with Crippen molar-refractivity contribution < 1.29 is 23.7 Å². The smallest absolute Gasteiger partial charge is 0.192 e. The first-order valence-corrected chi connectivity index (χ1v) is 16.0. The minimum absolute atomic E-state index is 0.100.